The van der Waals surface area contributed by atoms with Gasteiger partial charge in [-0.25, -0.2) is 4.39 Å². The monoisotopic (exact) mass is 321 g/mol. The van der Waals surface area contributed by atoms with Gasteiger partial charge in [0.1, 0.15) is 5.82 Å². The second kappa shape index (κ2) is 7.41. The van der Waals surface area contributed by atoms with E-state index in [9.17, 15) is 9.18 Å². The van der Waals surface area contributed by atoms with Crippen LogP contribution in [0.3, 0.4) is 0 Å². The van der Waals surface area contributed by atoms with Crippen molar-refractivity contribution < 1.29 is 18.7 Å². The minimum absolute atomic E-state index is 0.0402. The first-order valence-electron chi connectivity index (χ1n) is 8.43. The number of ether oxygens (including phenoxy) is 2. The fraction of sp³-hybridized carbons (Fsp3) is 0.611. The average Bonchev–Trinajstić information content (AvgIpc) is 2.56. The highest BCUT2D eigenvalue weighted by atomic mass is 19.1. The summed E-state index contributed by atoms with van der Waals surface area (Å²) >= 11 is 0. The standard InChI is InChI=1S/C18H24FNO3/c1-13-18-14(3-2-4-16(18)19)5-9-20(13)17(21)8-12-23-15-6-10-22-11-7-15/h2-4,13,15H,5-12H2,1H3/t13-/m1/s1. The van der Waals surface area contributed by atoms with Gasteiger partial charge in [0.05, 0.1) is 25.2 Å². The van der Waals surface area contributed by atoms with Gasteiger partial charge in [-0.3, -0.25) is 4.79 Å². The highest BCUT2D eigenvalue weighted by molar-refractivity contribution is 5.77. The minimum Gasteiger partial charge on any atom is -0.381 e. The lowest BCUT2D eigenvalue weighted by Crippen LogP contribution is -2.40. The lowest BCUT2D eigenvalue weighted by atomic mass is 9.93. The molecule has 1 saturated heterocycles. The van der Waals surface area contributed by atoms with Crippen LogP contribution in [0.15, 0.2) is 18.2 Å². The third kappa shape index (κ3) is 3.72. The maximum atomic E-state index is 14.1. The molecule has 0 spiro atoms. The molecule has 3 rings (SSSR count). The molecule has 1 amide bonds. The van der Waals surface area contributed by atoms with Crippen molar-refractivity contribution in [1.82, 2.24) is 4.90 Å². The van der Waals surface area contributed by atoms with Crippen LogP contribution in [0.4, 0.5) is 4.39 Å². The molecule has 0 radical (unpaired) electrons. The SMILES string of the molecule is C[C@@H]1c2c(F)cccc2CCN1C(=O)CCOC1CCOCC1. The first-order chi connectivity index (χ1) is 11.2. The number of amides is 1. The Labute approximate surface area is 136 Å². The molecule has 0 bridgehead atoms. The second-order valence-corrected chi connectivity index (χ2v) is 6.26. The summed E-state index contributed by atoms with van der Waals surface area (Å²) in [5.41, 5.74) is 1.68. The van der Waals surface area contributed by atoms with E-state index in [-0.39, 0.29) is 23.9 Å². The first-order valence-corrected chi connectivity index (χ1v) is 8.43. The lowest BCUT2D eigenvalue weighted by molar-refractivity contribution is -0.135. The highest BCUT2D eigenvalue weighted by Crippen LogP contribution is 2.31. The Bertz CT molecular complexity index is 557. The van der Waals surface area contributed by atoms with Crippen LogP contribution in [0, 0.1) is 5.82 Å². The van der Waals surface area contributed by atoms with Crippen molar-refractivity contribution in [3.8, 4) is 0 Å². The zero-order chi connectivity index (χ0) is 16.2. The Morgan fingerprint density at radius 2 is 2.17 bits per heavy atom. The van der Waals surface area contributed by atoms with Crippen molar-refractivity contribution in [3.05, 3.63) is 35.1 Å². The summed E-state index contributed by atoms with van der Waals surface area (Å²) < 4.78 is 25.1. The van der Waals surface area contributed by atoms with Crippen molar-refractivity contribution in [3.63, 3.8) is 0 Å². The zero-order valence-corrected chi connectivity index (χ0v) is 13.6. The molecule has 2 aliphatic heterocycles. The van der Waals surface area contributed by atoms with Gasteiger partial charge in [0.2, 0.25) is 5.91 Å². The Kier molecular flexibility index (Phi) is 5.28. The largest absolute Gasteiger partial charge is 0.381 e. The molecule has 0 unspecified atom stereocenters. The Morgan fingerprint density at radius 1 is 1.39 bits per heavy atom. The average molecular weight is 321 g/mol. The molecule has 2 aliphatic rings. The van der Waals surface area contributed by atoms with Crippen molar-refractivity contribution >= 4 is 5.91 Å². The summed E-state index contributed by atoms with van der Waals surface area (Å²) in [6.45, 7) is 4.44. The zero-order valence-electron chi connectivity index (χ0n) is 13.6. The fourth-order valence-corrected chi connectivity index (χ4v) is 3.50. The van der Waals surface area contributed by atoms with Crippen molar-refractivity contribution in [2.45, 2.75) is 44.8 Å². The number of carbonyl (C=O) groups excluding carboxylic acids is 1. The van der Waals surface area contributed by atoms with Crippen LogP contribution in [0.2, 0.25) is 0 Å². The van der Waals surface area contributed by atoms with E-state index in [0.29, 0.717) is 31.6 Å². The van der Waals surface area contributed by atoms with Crippen molar-refractivity contribution in [2.75, 3.05) is 26.4 Å². The van der Waals surface area contributed by atoms with Crippen molar-refractivity contribution in [2.24, 2.45) is 0 Å². The molecule has 0 aliphatic carbocycles. The second-order valence-electron chi connectivity index (χ2n) is 6.26. The third-order valence-electron chi connectivity index (χ3n) is 4.81. The third-order valence-corrected chi connectivity index (χ3v) is 4.81. The topological polar surface area (TPSA) is 38.8 Å². The van der Waals surface area contributed by atoms with Crippen LogP contribution < -0.4 is 0 Å². The van der Waals surface area contributed by atoms with Crippen molar-refractivity contribution in [1.29, 1.82) is 0 Å². The molecule has 0 N–H and O–H groups in total. The minimum atomic E-state index is -0.217. The molecule has 4 nitrogen and oxygen atoms in total. The molecule has 1 atom stereocenters. The molecule has 1 aromatic rings. The maximum absolute atomic E-state index is 14.1. The van der Waals surface area contributed by atoms with Gasteiger partial charge in [0.15, 0.2) is 0 Å². The molecular formula is C18H24FNO3. The molecule has 5 heteroatoms. The van der Waals surface area contributed by atoms with Gasteiger partial charge in [-0.15, -0.1) is 0 Å². The van der Waals surface area contributed by atoms with E-state index in [2.05, 4.69) is 0 Å². The fourth-order valence-electron chi connectivity index (χ4n) is 3.50. The van der Waals surface area contributed by atoms with E-state index in [4.69, 9.17) is 9.47 Å². The van der Waals surface area contributed by atoms with Gasteiger partial charge in [-0.05, 0) is 37.8 Å². The maximum Gasteiger partial charge on any atom is 0.225 e. The van der Waals surface area contributed by atoms with Gasteiger partial charge in [0, 0.05) is 25.3 Å². The number of benzene rings is 1. The molecule has 1 fully saturated rings. The van der Waals surface area contributed by atoms with Crippen LogP contribution in [0.25, 0.3) is 0 Å². The Balaban J connectivity index is 1.55. The summed E-state index contributed by atoms with van der Waals surface area (Å²) in [6.07, 6.45) is 3.06. The molecule has 0 saturated carbocycles. The van der Waals surface area contributed by atoms with E-state index in [1.807, 2.05) is 13.0 Å². The number of fused-ring (bicyclic) bond motifs is 1. The van der Waals surface area contributed by atoms with Crippen LogP contribution >= 0.6 is 0 Å². The summed E-state index contributed by atoms with van der Waals surface area (Å²) in [7, 11) is 0. The van der Waals surface area contributed by atoms with Gasteiger partial charge < -0.3 is 14.4 Å². The van der Waals surface area contributed by atoms with E-state index < -0.39 is 0 Å². The van der Waals surface area contributed by atoms with Gasteiger partial charge >= 0.3 is 0 Å². The number of halogens is 1. The molecule has 126 valence electrons. The molecule has 2 heterocycles. The molecule has 23 heavy (non-hydrogen) atoms. The van der Waals surface area contributed by atoms with Gasteiger partial charge in [-0.1, -0.05) is 12.1 Å². The number of hydrogen-bond acceptors (Lipinski definition) is 3. The highest BCUT2D eigenvalue weighted by Gasteiger charge is 2.29. The number of rotatable bonds is 4. The Hall–Kier alpha value is -1.46. The van der Waals surface area contributed by atoms with Crippen LogP contribution in [-0.4, -0.2) is 43.3 Å². The van der Waals surface area contributed by atoms with E-state index in [1.54, 1.807) is 11.0 Å². The number of hydrogen-bond donors (Lipinski definition) is 0. The Morgan fingerprint density at radius 3 is 2.96 bits per heavy atom. The van der Waals surface area contributed by atoms with Gasteiger partial charge in [0.25, 0.3) is 0 Å². The molecule has 0 aromatic heterocycles. The predicted molar refractivity (Wildman–Crippen MR) is 84.6 cm³/mol. The quantitative estimate of drug-likeness (QED) is 0.856. The number of carbonyl (C=O) groups is 1. The smallest absolute Gasteiger partial charge is 0.225 e. The van der Waals surface area contributed by atoms with E-state index in [0.717, 1.165) is 31.6 Å². The lowest BCUT2D eigenvalue weighted by Gasteiger charge is -2.35. The predicted octanol–water partition coefficient (Wildman–Crippen LogP) is 2.86. The van der Waals surface area contributed by atoms with Crippen LogP contribution in [0.5, 0.6) is 0 Å². The molecule has 1 aromatic carbocycles. The van der Waals surface area contributed by atoms with Gasteiger partial charge in [-0.2, -0.15) is 0 Å². The number of nitrogens with zero attached hydrogens (tertiary/aromatic N) is 1. The van der Waals surface area contributed by atoms with Crippen LogP contribution in [0.1, 0.15) is 43.4 Å². The van der Waals surface area contributed by atoms with E-state index >= 15 is 0 Å². The molecular weight excluding hydrogens is 297 g/mol. The van der Waals surface area contributed by atoms with Crippen LogP contribution in [-0.2, 0) is 20.7 Å². The summed E-state index contributed by atoms with van der Waals surface area (Å²) in [6, 6.07) is 4.94. The normalized spacial score (nSPS) is 22.0. The first kappa shape index (κ1) is 16.4. The summed E-state index contributed by atoms with van der Waals surface area (Å²) in [5, 5.41) is 0. The summed E-state index contributed by atoms with van der Waals surface area (Å²) in [5.74, 6) is -0.176. The summed E-state index contributed by atoms with van der Waals surface area (Å²) in [4.78, 5) is 14.2. The van der Waals surface area contributed by atoms with E-state index in [1.165, 1.54) is 6.07 Å².